The standard InChI is InChI=1S/C18H14N2O3/c21-17-9-5-4-8-15(17)19-20-16-12-14(10-11-18(16)22)23-13-6-2-1-3-7-13/h1-12,21-22H. The average molecular weight is 306 g/mol. The number of nitrogens with zero attached hydrogens (tertiary/aromatic N) is 2. The molecule has 0 unspecified atom stereocenters. The van der Waals surface area contributed by atoms with Crippen molar-refractivity contribution < 1.29 is 14.9 Å². The quantitative estimate of drug-likeness (QED) is 0.642. The number of aromatic hydroxyl groups is 2. The molecule has 0 fully saturated rings. The third-order valence-electron chi connectivity index (χ3n) is 3.07. The molecular formula is C18H14N2O3. The third kappa shape index (κ3) is 3.65. The van der Waals surface area contributed by atoms with E-state index in [0.29, 0.717) is 17.2 Å². The van der Waals surface area contributed by atoms with Gasteiger partial charge in [-0.1, -0.05) is 30.3 Å². The molecule has 0 bridgehead atoms. The van der Waals surface area contributed by atoms with Crippen molar-refractivity contribution in [1.82, 2.24) is 0 Å². The minimum atomic E-state index is -0.0235. The Kier molecular flexibility index (Phi) is 4.20. The summed E-state index contributed by atoms with van der Waals surface area (Å²) in [6.45, 7) is 0. The molecule has 5 nitrogen and oxygen atoms in total. The Labute approximate surface area is 133 Å². The first-order valence-corrected chi connectivity index (χ1v) is 6.98. The van der Waals surface area contributed by atoms with Crippen LogP contribution in [0.25, 0.3) is 0 Å². The Bertz CT molecular complexity index is 833. The number of para-hydroxylation sites is 2. The predicted molar refractivity (Wildman–Crippen MR) is 86.9 cm³/mol. The van der Waals surface area contributed by atoms with Gasteiger partial charge in [-0.05, 0) is 36.4 Å². The summed E-state index contributed by atoms with van der Waals surface area (Å²) in [7, 11) is 0. The molecule has 0 aromatic heterocycles. The predicted octanol–water partition coefficient (Wildman–Crippen LogP) is 5.31. The van der Waals surface area contributed by atoms with Crippen molar-refractivity contribution in [2.75, 3.05) is 0 Å². The first-order valence-electron chi connectivity index (χ1n) is 6.98. The fourth-order valence-corrected chi connectivity index (χ4v) is 1.93. The smallest absolute Gasteiger partial charge is 0.143 e. The van der Waals surface area contributed by atoms with Crippen LogP contribution in [0.4, 0.5) is 11.4 Å². The van der Waals surface area contributed by atoms with Crippen LogP contribution >= 0.6 is 0 Å². The first kappa shape index (κ1) is 14.6. The minimum Gasteiger partial charge on any atom is -0.506 e. The fraction of sp³-hybridized carbons (Fsp3) is 0. The largest absolute Gasteiger partial charge is 0.506 e. The van der Waals surface area contributed by atoms with E-state index in [-0.39, 0.29) is 17.2 Å². The molecule has 0 aliphatic rings. The number of hydrogen-bond acceptors (Lipinski definition) is 5. The van der Waals surface area contributed by atoms with Crippen LogP contribution in [0.1, 0.15) is 0 Å². The average Bonchev–Trinajstić information content (AvgIpc) is 2.57. The summed E-state index contributed by atoms with van der Waals surface area (Å²) in [6.07, 6.45) is 0. The fourth-order valence-electron chi connectivity index (χ4n) is 1.93. The van der Waals surface area contributed by atoms with Crippen LogP contribution in [0.5, 0.6) is 23.0 Å². The van der Waals surface area contributed by atoms with E-state index in [1.165, 1.54) is 12.1 Å². The molecule has 3 aromatic carbocycles. The molecule has 114 valence electrons. The van der Waals surface area contributed by atoms with E-state index in [4.69, 9.17) is 4.74 Å². The van der Waals surface area contributed by atoms with E-state index < -0.39 is 0 Å². The van der Waals surface area contributed by atoms with E-state index in [0.717, 1.165) is 0 Å². The van der Waals surface area contributed by atoms with Gasteiger partial charge in [-0.3, -0.25) is 0 Å². The molecule has 3 rings (SSSR count). The molecule has 23 heavy (non-hydrogen) atoms. The highest BCUT2D eigenvalue weighted by molar-refractivity contribution is 5.56. The molecule has 0 saturated carbocycles. The van der Waals surface area contributed by atoms with Crippen LogP contribution in [0.15, 0.2) is 83.0 Å². The minimum absolute atomic E-state index is 0.0208. The van der Waals surface area contributed by atoms with Crippen molar-refractivity contribution in [3.05, 3.63) is 72.8 Å². The monoisotopic (exact) mass is 306 g/mol. The lowest BCUT2D eigenvalue weighted by molar-refractivity contribution is 0.465. The molecule has 0 atom stereocenters. The summed E-state index contributed by atoms with van der Waals surface area (Å²) >= 11 is 0. The molecule has 0 aliphatic carbocycles. The molecule has 0 aliphatic heterocycles. The zero-order valence-corrected chi connectivity index (χ0v) is 12.1. The van der Waals surface area contributed by atoms with Crippen LogP contribution < -0.4 is 4.74 Å². The van der Waals surface area contributed by atoms with Gasteiger partial charge in [0.15, 0.2) is 0 Å². The van der Waals surface area contributed by atoms with E-state index >= 15 is 0 Å². The Morgan fingerprint density at radius 2 is 1.26 bits per heavy atom. The van der Waals surface area contributed by atoms with Crippen molar-refractivity contribution in [3.63, 3.8) is 0 Å². The van der Waals surface area contributed by atoms with Gasteiger partial charge < -0.3 is 14.9 Å². The number of hydrogen-bond donors (Lipinski definition) is 2. The third-order valence-corrected chi connectivity index (χ3v) is 3.07. The number of phenolic OH excluding ortho intramolecular Hbond substituents is 2. The summed E-state index contributed by atoms with van der Waals surface area (Å²) in [5.74, 6) is 1.21. The Hall–Kier alpha value is -3.34. The zero-order chi connectivity index (χ0) is 16.1. The molecule has 0 saturated heterocycles. The summed E-state index contributed by atoms with van der Waals surface area (Å²) in [4.78, 5) is 0. The van der Waals surface area contributed by atoms with Crippen molar-refractivity contribution >= 4 is 11.4 Å². The van der Waals surface area contributed by atoms with Gasteiger partial charge in [0.1, 0.15) is 34.4 Å². The topological polar surface area (TPSA) is 74.4 Å². The second-order valence-electron chi connectivity index (χ2n) is 4.75. The van der Waals surface area contributed by atoms with E-state index in [1.807, 2.05) is 30.3 Å². The lowest BCUT2D eigenvalue weighted by atomic mass is 10.2. The van der Waals surface area contributed by atoms with Gasteiger partial charge in [-0.15, -0.1) is 10.2 Å². The summed E-state index contributed by atoms with van der Waals surface area (Å²) < 4.78 is 5.69. The number of azo groups is 1. The Morgan fingerprint density at radius 3 is 2.04 bits per heavy atom. The van der Waals surface area contributed by atoms with Crippen molar-refractivity contribution in [2.24, 2.45) is 10.2 Å². The second kappa shape index (κ2) is 6.62. The van der Waals surface area contributed by atoms with Crippen LogP contribution in [0.2, 0.25) is 0 Å². The first-order chi connectivity index (χ1) is 11.2. The van der Waals surface area contributed by atoms with Crippen molar-refractivity contribution in [3.8, 4) is 23.0 Å². The van der Waals surface area contributed by atoms with Gasteiger partial charge >= 0.3 is 0 Å². The van der Waals surface area contributed by atoms with Gasteiger partial charge in [-0.25, -0.2) is 0 Å². The van der Waals surface area contributed by atoms with Gasteiger partial charge in [0.05, 0.1) is 0 Å². The maximum Gasteiger partial charge on any atom is 0.143 e. The molecule has 0 radical (unpaired) electrons. The van der Waals surface area contributed by atoms with Gasteiger partial charge in [-0.2, -0.15) is 0 Å². The van der Waals surface area contributed by atoms with E-state index in [1.54, 1.807) is 30.3 Å². The number of benzene rings is 3. The maximum absolute atomic E-state index is 9.88. The molecular weight excluding hydrogens is 292 g/mol. The number of ether oxygens (including phenoxy) is 1. The molecule has 0 heterocycles. The lowest BCUT2D eigenvalue weighted by Crippen LogP contribution is -1.83. The van der Waals surface area contributed by atoms with E-state index in [9.17, 15) is 10.2 Å². The summed E-state index contributed by atoms with van der Waals surface area (Å²) in [5, 5.41) is 27.5. The van der Waals surface area contributed by atoms with Gasteiger partial charge in [0, 0.05) is 6.07 Å². The number of rotatable bonds is 4. The summed E-state index contributed by atoms with van der Waals surface area (Å²) in [6, 6.07) is 20.6. The van der Waals surface area contributed by atoms with Gasteiger partial charge in [0.2, 0.25) is 0 Å². The SMILES string of the molecule is Oc1ccccc1N=Nc1cc(Oc2ccccc2)ccc1O. The molecule has 2 N–H and O–H groups in total. The Balaban J connectivity index is 1.85. The Morgan fingerprint density at radius 1 is 0.609 bits per heavy atom. The lowest BCUT2D eigenvalue weighted by Gasteiger charge is -2.06. The normalized spacial score (nSPS) is 10.8. The van der Waals surface area contributed by atoms with E-state index in [2.05, 4.69) is 10.2 Å². The molecule has 0 spiro atoms. The van der Waals surface area contributed by atoms with Crippen molar-refractivity contribution in [2.45, 2.75) is 0 Å². The highest BCUT2D eigenvalue weighted by Crippen LogP contribution is 2.35. The maximum atomic E-state index is 9.88. The second-order valence-corrected chi connectivity index (χ2v) is 4.75. The van der Waals surface area contributed by atoms with Crippen LogP contribution in [-0.2, 0) is 0 Å². The highest BCUT2D eigenvalue weighted by Gasteiger charge is 2.05. The number of phenols is 2. The van der Waals surface area contributed by atoms with Crippen LogP contribution in [0.3, 0.4) is 0 Å². The zero-order valence-electron chi connectivity index (χ0n) is 12.1. The van der Waals surface area contributed by atoms with Gasteiger partial charge in [0.25, 0.3) is 0 Å². The van der Waals surface area contributed by atoms with Crippen molar-refractivity contribution in [1.29, 1.82) is 0 Å². The molecule has 5 heteroatoms. The van der Waals surface area contributed by atoms with Crippen LogP contribution in [-0.4, -0.2) is 10.2 Å². The molecule has 3 aromatic rings. The highest BCUT2D eigenvalue weighted by atomic mass is 16.5. The summed E-state index contributed by atoms with van der Waals surface area (Å²) in [5.41, 5.74) is 0.572. The van der Waals surface area contributed by atoms with Crippen LogP contribution in [0, 0.1) is 0 Å². The molecule has 0 amide bonds.